The van der Waals surface area contributed by atoms with Crippen LogP contribution in [0.3, 0.4) is 0 Å². The molecule has 2 atom stereocenters. The minimum absolute atomic E-state index is 0.0186. The molecular weight excluding hydrogens is 336 g/mol. The molecule has 25 heavy (non-hydrogen) atoms. The average molecular weight is 361 g/mol. The molecule has 1 saturated heterocycles. The normalized spacial score (nSPS) is 21.2. The molecule has 4 nitrogen and oxygen atoms in total. The Balaban J connectivity index is 1.72. The van der Waals surface area contributed by atoms with E-state index in [1.165, 1.54) is 0 Å². The van der Waals surface area contributed by atoms with Crippen LogP contribution in [0.1, 0.15) is 20.3 Å². The lowest BCUT2D eigenvalue weighted by atomic mass is 10.0. The molecule has 3 rings (SSSR count). The van der Waals surface area contributed by atoms with Crippen molar-refractivity contribution < 1.29 is 9.53 Å². The molecule has 1 fully saturated rings. The number of nitrogens with zero attached hydrogens (tertiary/aromatic N) is 1. The van der Waals surface area contributed by atoms with Crippen LogP contribution in [0.4, 0.5) is 5.69 Å². The van der Waals surface area contributed by atoms with Crippen molar-refractivity contribution in [3.05, 3.63) is 41.4 Å². The number of nitrogens with one attached hydrogen (secondary N) is 1. The SMILES string of the molecule is CO[C@@H]1CN(C(C)C)C[C@@H]1CC(=O)Nc1ccc(Cl)c2ccccc12. The average Bonchev–Trinajstić information content (AvgIpc) is 3.01. The molecule has 0 spiro atoms. The molecule has 2 aromatic rings. The summed E-state index contributed by atoms with van der Waals surface area (Å²) in [6, 6.07) is 12.0. The Hall–Kier alpha value is -1.62. The number of likely N-dealkylation sites (tertiary alicyclic amines) is 1. The van der Waals surface area contributed by atoms with Gasteiger partial charge in [0.05, 0.1) is 6.10 Å². The van der Waals surface area contributed by atoms with Gasteiger partial charge in [0.2, 0.25) is 5.91 Å². The molecular formula is C20H25ClN2O2. The van der Waals surface area contributed by atoms with E-state index in [0.29, 0.717) is 17.5 Å². The Morgan fingerprint density at radius 2 is 1.96 bits per heavy atom. The summed E-state index contributed by atoms with van der Waals surface area (Å²) in [7, 11) is 1.73. The highest BCUT2D eigenvalue weighted by molar-refractivity contribution is 6.36. The monoisotopic (exact) mass is 360 g/mol. The van der Waals surface area contributed by atoms with E-state index in [9.17, 15) is 4.79 Å². The Bertz CT molecular complexity index is 762. The van der Waals surface area contributed by atoms with Crippen molar-refractivity contribution in [2.24, 2.45) is 5.92 Å². The Morgan fingerprint density at radius 1 is 1.24 bits per heavy atom. The number of anilines is 1. The van der Waals surface area contributed by atoms with Gasteiger partial charge in [-0.25, -0.2) is 0 Å². The lowest BCUT2D eigenvalue weighted by Gasteiger charge is -2.19. The van der Waals surface area contributed by atoms with E-state index in [1.807, 2.05) is 36.4 Å². The van der Waals surface area contributed by atoms with Crippen molar-refractivity contribution in [1.29, 1.82) is 0 Å². The highest BCUT2D eigenvalue weighted by atomic mass is 35.5. The van der Waals surface area contributed by atoms with Gasteiger partial charge in [-0.1, -0.05) is 35.9 Å². The van der Waals surface area contributed by atoms with Gasteiger partial charge in [-0.15, -0.1) is 0 Å². The van der Waals surface area contributed by atoms with Gasteiger partial charge in [-0.3, -0.25) is 9.69 Å². The molecule has 1 N–H and O–H groups in total. The second kappa shape index (κ2) is 7.73. The molecule has 2 aromatic carbocycles. The number of carbonyl (C=O) groups is 1. The van der Waals surface area contributed by atoms with Crippen LogP contribution in [-0.4, -0.2) is 43.2 Å². The number of amides is 1. The third-order valence-electron chi connectivity index (χ3n) is 5.03. The zero-order valence-electron chi connectivity index (χ0n) is 15.0. The first-order valence-electron chi connectivity index (χ1n) is 8.73. The number of hydrogen-bond acceptors (Lipinski definition) is 3. The maximum atomic E-state index is 12.6. The summed E-state index contributed by atoms with van der Waals surface area (Å²) >= 11 is 6.25. The van der Waals surface area contributed by atoms with Gasteiger partial charge < -0.3 is 10.1 Å². The molecule has 0 unspecified atom stereocenters. The van der Waals surface area contributed by atoms with Gasteiger partial charge in [0.1, 0.15) is 0 Å². The minimum atomic E-state index is 0.0186. The number of rotatable bonds is 5. The Labute approximate surface area is 154 Å². The molecule has 5 heteroatoms. The predicted molar refractivity (Wildman–Crippen MR) is 103 cm³/mol. The van der Waals surface area contributed by atoms with Crippen LogP contribution >= 0.6 is 11.6 Å². The number of halogens is 1. The predicted octanol–water partition coefficient (Wildman–Crippen LogP) is 4.18. The largest absolute Gasteiger partial charge is 0.380 e. The summed E-state index contributed by atoms with van der Waals surface area (Å²) in [5, 5.41) is 5.66. The first-order chi connectivity index (χ1) is 12.0. The van der Waals surface area contributed by atoms with Crippen molar-refractivity contribution >= 4 is 34.0 Å². The van der Waals surface area contributed by atoms with Crippen LogP contribution in [0, 0.1) is 5.92 Å². The van der Waals surface area contributed by atoms with Gasteiger partial charge in [0, 0.05) is 60.1 Å². The number of benzene rings is 2. The number of hydrogen-bond donors (Lipinski definition) is 1. The van der Waals surface area contributed by atoms with E-state index in [-0.39, 0.29) is 17.9 Å². The molecule has 0 bridgehead atoms. The minimum Gasteiger partial charge on any atom is -0.380 e. The topological polar surface area (TPSA) is 41.6 Å². The molecule has 0 aliphatic carbocycles. The van der Waals surface area contributed by atoms with E-state index < -0.39 is 0 Å². The zero-order chi connectivity index (χ0) is 18.0. The van der Waals surface area contributed by atoms with Crippen LogP contribution in [0.15, 0.2) is 36.4 Å². The van der Waals surface area contributed by atoms with E-state index in [0.717, 1.165) is 29.5 Å². The molecule has 1 heterocycles. The quantitative estimate of drug-likeness (QED) is 0.869. The summed E-state index contributed by atoms with van der Waals surface area (Å²) < 4.78 is 5.60. The maximum absolute atomic E-state index is 12.6. The van der Waals surface area contributed by atoms with E-state index in [4.69, 9.17) is 16.3 Å². The third-order valence-corrected chi connectivity index (χ3v) is 5.36. The van der Waals surface area contributed by atoms with E-state index in [2.05, 4.69) is 24.1 Å². The fourth-order valence-corrected chi connectivity index (χ4v) is 3.80. The molecule has 0 radical (unpaired) electrons. The maximum Gasteiger partial charge on any atom is 0.224 e. The fourth-order valence-electron chi connectivity index (χ4n) is 3.57. The fraction of sp³-hybridized carbons (Fsp3) is 0.450. The van der Waals surface area contributed by atoms with Crippen molar-refractivity contribution in [1.82, 2.24) is 4.90 Å². The van der Waals surface area contributed by atoms with Gasteiger partial charge in [0.25, 0.3) is 0 Å². The molecule has 1 amide bonds. The summed E-state index contributed by atoms with van der Waals surface area (Å²) in [5.74, 6) is 0.232. The van der Waals surface area contributed by atoms with Crippen molar-refractivity contribution in [3.8, 4) is 0 Å². The van der Waals surface area contributed by atoms with E-state index >= 15 is 0 Å². The Kier molecular flexibility index (Phi) is 5.62. The number of fused-ring (bicyclic) bond motifs is 1. The third kappa shape index (κ3) is 3.97. The molecule has 134 valence electrons. The summed E-state index contributed by atoms with van der Waals surface area (Å²) in [5.41, 5.74) is 0.803. The van der Waals surface area contributed by atoms with E-state index in [1.54, 1.807) is 7.11 Å². The standard InChI is InChI=1S/C20H25ClN2O2/c1-13(2)23-11-14(19(12-23)25-3)10-20(24)22-18-9-8-17(21)15-6-4-5-7-16(15)18/h4-9,13-14,19H,10-12H2,1-3H3,(H,22,24)/t14-,19+/m0/s1. The lowest BCUT2D eigenvalue weighted by Crippen LogP contribution is -2.29. The smallest absolute Gasteiger partial charge is 0.224 e. The van der Waals surface area contributed by atoms with Gasteiger partial charge >= 0.3 is 0 Å². The zero-order valence-corrected chi connectivity index (χ0v) is 15.7. The van der Waals surface area contributed by atoms with Crippen molar-refractivity contribution in [3.63, 3.8) is 0 Å². The number of ether oxygens (including phenoxy) is 1. The van der Waals surface area contributed by atoms with Crippen LogP contribution in [0.2, 0.25) is 5.02 Å². The summed E-state index contributed by atoms with van der Waals surface area (Å²) in [6.45, 7) is 6.13. The molecule has 0 aromatic heterocycles. The molecule has 1 aliphatic heterocycles. The highest BCUT2D eigenvalue weighted by Crippen LogP contribution is 2.30. The van der Waals surface area contributed by atoms with Crippen LogP contribution in [0.5, 0.6) is 0 Å². The number of carbonyl (C=O) groups excluding carboxylic acids is 1. The first-order valence-corrected chi connectivity index (χ1v) is 9.11. The summed E-state index contributed by atoms with van der Waals surface area (Å²) in [6.07, 6.45) is 0.564. The van der Waals surface area contributed by atoms with Gasteiger partial charge in [-0.05, 0) is 26.0 Å². The molecule has 0 saturated carbocycles. The second-order valence-electron chi connectivity index (χ2n) is 6.97. The highest BCUT2D eigenvalue weighted by Gasteiger charge is 2.35. The lowest BCUT2D eigenvalue weighted by molar-refractivity contribution is -0.117. The van der Waals surface area contributed by atoms with Crippen molar-refractivity contribution in [2.45, 2.75) is 32.4 Å². The molecule has 1 aliphatic rings. The second-order valence-corrected chi connectivity index (χ2v) is 7.38. The van der Waals surface area contributed by atoms with Gasteiger partial charge in [-0.2, -0.15) is 0 Å². The van der Waals surface area contributed by atoms with Gasteiger partial charge in [0.15, 0.2) is 0 Å². The Morgan fingerprint density at radius 3 is 2.64 bits per heavy atom. The van der Waals surface area contributed by atoms with Crippen LogP contribution < -0.4 is 5.32 Å². The first kappa shape index (κ1) is 18.2. The number of methoxy groups -OCH3 is 1. The summed E-state index contributed by atoms with van der Waals surface area (Å²) in [4.78, 5) is 15.0. The van der Waals surface area contributed by atoms with Crippen molar-refractivity contribution in [2.75, 3.05) is 25.5 Å². The van der Waals surface area contributed by atoms with Crippen LogP contribution in [-0.2, 0) is 9.53 Å². The van der Waals surface area contributed by atoms with Crippen LogP contribution in [0.25, 0.3) is 10.8 Å².